The topological polar surface area (TPSA) is 76.0 Å². The minimum absolute atomic E-state index is 0.0830. The number of nitrogens with zero attached hydrogens (tertiary/aromatic N) is 2. The van der Waals surface area contributed by atoms with Crippen molar-refractivity contribution in [2.75, 3.05) is 30.1 Å². The molecule has 2 aliphatic rings. The van der Waals surface area contributed by atoms with E-state index in [2.05, 4.69) is 4.99 Å². The largest absolute Gasteiger partial charge is 0.375 e. The van der Waals surface area contributed by atoms with Gasteiger partial charge in [-0.05, 0) is 12.1 Å². The highest BCUT2D eigenvalue weighted by molar-refractivity contribution is 8.16. The van der Waals surface area contributed by atoms with E-state index in [1.54, 1.807) is 0 Å². The van der Waals surface area contributed by atoms with Gasteiger partial charge in [0.25, 0.3) is 5.91 Å². The first-order valence-electron chi connectivity index (χ1n) is 6.82. The van der Waals surface area contributed by atoms with Crippen LogP contribution in [-0.2, 0) is 19.4 Å². The molecule has 22 heavy (non-hydrogen) atoms. The van der Waals surface area contributed by atoms with E-state index in [9.17, 15) is 13.2 Å². The van der Waals surface area contributed by atoms with Crippen LogP contribution >= 0.6 is 11.8 Å². The lowest BCUT2D eigenvalue weighted by Crippen LogP contribution is -2.37. The zero-order valence-corrected chi connectivity index (χ0v) is 13.6. The number of carbonyl (C=O) groups is 1. The van der Waals surface area contributed by atoms with E-state index in [-0.39, 0.29) is 35.3 Å². The molecule has 0 unspecified atom stereocenters. The maximum Gasteiger partial charge on any atom is 0.274 e. The van der Waals surface area contributed by atoms with Gasteiger partial charge < -0.3 is 9.64 Å². The van der Waals surface area contributed by atoms with Crippen molar-refractivity contribution in [3.8, 4) is 0 Å². The highest BCUT2D eigenvalue weighted by Crippen LogP contribution is 2.40. The number of hydrogen-bond donors (Lipinski definition) is 0. The molecule has 2 saturated heterocycles. The molecule has 0 bridgehead atoms. The minimum Gasteiger partial charge on any atom is -0.375 e. The highest BCUT2D eigenvalue weighted by atomic mass is 32.2. The summed E-state index contributed by atoms with van der Waals surface area (Å²) in [6, 6.07) is 9.26. The smallest absolute Gasteiger partial charge is 0.274 e. The van der Waals surface area contributed by atoms with Crippen LogP contribution in [0.2, 0.25) is 0 Å². The summed E-state index contributed by atoms with van der Waals surface area (Å²) in [7, 11) is -1.60. The lowest BCUT2D eigenvalue weighted by Gasteiger charge is -2.24. The Balaban J connectivity index is 1.96. The van der Waals surface area contributed by atoms with Crippen molar-refractivity contribution in [3.05, 3.63) is 30.3 Å². The van der Waals surface area contributed by atoms with Gasteiger partial charge >= 0.3 is 0 Å². The van der Waals surface area contributed by atoms with Gasteiger partial charge in [-0.25, -0.2) is 8.42 Å². The number of sulfone groups is 1. The molecule has 3 rings (SSSR count). The van der Waals surface area contributed by atoms with E-state index < -0.39 is 9.84 Å². The third kappa shape index (κ3) is 3.04. The van der Waals surface area contributed by atoms with Gasteiger partial charge in [0, 0.05) is 18.0 Å². The third-order valence-corrected chi connectivity index (χ3v) is 6.80. The Labute approximate surface area is 133 Å². The average molecular weight is 340 g/mol. The zero-order valence-electron chi connectivity index (χ0n) is 12.0. The summed E-state index contributed by atoms with van der Waals surface area (Å²) in [6.45, 7) is -0.0830. The van der Waals surface area contributed by atoms with Crippen LogP contribution < -0.4 is 4.90 Å². The van der Waals surface area contributed by atoms with Crippen LogP contribution in [0.25, 0.3) is 0 Å². The molecule has 2 fully saturated rings. The van der Waals surface area contributed by atoms with E-state index in [0.29, 0.717) is 5.17 Å². The van der Waals surface area contributed by atoms with Crippen molar-refractivity contribution < 1.29 is 17.9 Å². The number of rotatable bonds is 3. The molecular weight excluding hydrogens is 324 g/mol. The molecule has 0 N–H and O–H groups in total. The summed E-state index contributed by atoms with van der Waals surface area (Å²) < 4.78 is 28.6. The van der Waals surface area contributed by atoms with Gasteiger partial charge in [0.15, 0.2) is 15.0 Å². The summed E-state index contributed by atoms with van der Waals surface area (Å²) in [5, 5.41) is 0.470. The van der Waals surface area contributed by atoms with E-state index in [0.717, 1.165) is 5.69 Å². The fraction of sp³-hybridized carbons (Fsp3) is 0.429. The number of ether oxygens (including phenoxy) is 1. The van der Waals surface area contributed by atoms with Gasteiger partial charge in [-0.2, -0.15) is 4.99 Å². The Morgan fingerprint density at radius 3 is 2.77 bits per heavy atom. The molecule has 1 aromatic rings. The predicted octanol–water partition coefficient (Wildman–Crippen LogP) is 0.934. The molecule has 2 atom stereocenters. The molecule has 2 aliphatic heterocycles. The highest BCUT2D eigenvalue weighted by Gasteiger charge is 2.49. The monoisotopic (exact) mass is 340 g/mol. The van der Waals surface area contributed by atoms with Crippen molar-refractivity contribution >= 4 is 38.4 Å². The number of aliphatic imine (C=N–C) groups is 1. The van der Waals surface area contributed by atoms with Crippen LogP contribution in [0.4, 0.5) is 5.69 Å². The van der Waals surface area contributed by atoms with Crippen LogP contribution in [0.1, 0.15) is 0 Å². The van der Waals surface area contributed by atoms with Gasteiger partial charge in [-0.3, -0.25) is 4.79 Å². The van der Waals surface area contributed by atoms with Crippen LogP contribution in [0.15, 0.2) is 35.3 Å². The number of anilines is 1. The molecule has 0 saturated carbocycles. The summed E-state index contributed by atoms with van der Waals surface area (Å²) in [6.07, 6.45) is 0. The van der Waals surface area contributed by atoms with Crippen LogP contribution in [0, 0.1) is 0 Å². The number of thioether (sulfide) groups is 1. The van der Waals surface area contributed by atoms with E-state index in [1.165, 1.54) is 18.9 Å². The normalized spacial score (nSPS) is 28.0. The van der Waals surface area contributed by atoms with Crippen molar-refractivity contribution in [2.45, 2.75) is 11.3 Å². The molecule has 0 aromatic heterocycles. The number of benzene rings is 1. The first-order valence-corrected chi connectivity index (χ1v) is 9.52. The number of fused-ring (bicyclic) bond motifs is 1. The van der Waals surface area contributed by atoms with E-state index in [4.69, 9.17) is 4.74 Å². The first-order chi connectivity index (χ1) is 10.5. The van der Waals surface area contributed by atoms with Crippen LogP contribution in [-0.4, -0.2) is 56.0 Å². The summed E-state index contributed by atoms with van der Waals surface area (Å²) in [4.78, 5) is 17.7. The second kappa shape index (κ2) is 6.02. The lowest BCUT2D eigenvalue weighted by molar-refractivity contribution is -0.121. The van der Waals surface area contributed by atoms with Gasteiger partial charge in [0.05, 0.1) is 17.5 Å². The Morgan fingerprint density at radius 2 is 2.09 bits per heavy atom. The van der Waals surface area contributed by atoms with Crippen LogP contribution in [0.5, 0.6) is 0 Å². The number of carbonyl (C=O) groups excluding carboxylic acids is 1. The van der Waals surface area contributed by atoms with Crippen molar-refractivity contribution in [2.24, 2.45) is 4.99 Å². The van der Waals surface area contributed by atoms with E-state index in [1.807, 2.05) is 35.2 Å². The number of hydrogen-bond acceptors (Lipinski definition) is 5. The molecule has 8 heteroatoms. The Bertz CT molecular complexity index is 703. The molecule has 6 nitrogen and oxygen atoms in total. The van der Waals surface area contributed by atoms with Gasteiger partial charge in [-0.15, -0.1) is 0 Å². The van der Waals surface area contributed by atoms with Crippen molar-refractivity contribution in [1.82, 2.24) is 0 Å². The quantitative estimate of drug-likeness (QED) is 0.815. The summed E-state index contributed by atoms with van der Waals surface area (Å²) in [5.41, 5.74) is 0.851. The number of amidine groups is 1. The maximum absolute atomic E-state index is 11.9. The second-order valence-corrected chi connectivity index (χ2v) is 8.59. The van der Waals surface area contributed by atoms with Crippen molar-refractivity contribution in [3.63, 3.8) is 0 Å². The molecule has 2 heterocycles. The number of amides is 1. The molecule has 118 valence electrons. The van der Waals surface area contributed by atoms with Crippen LogP contribution in [0.3, 0.4) is 0 Å². The molecule has 0 spiro atoms. The molecule has 0 aliphatic carbocycles. The molecule has 0 radical (unpaired) electrons. The maximum atomic E-state index is 11.9. The fourth-order valence-corrected chi connectivity index (χ4v) is 6.65. The Kier molecular flexibility index (Phi) is 4.24. The predicted molar refractivity (Wildman–Crippen MR) is 87.1 cm³/mol. The van der Waals surface area contributed by atoms with Gasteiger partial charge in [0.1, 0.15) is 6.61 Å². The zero-order chi connectivity index (χ0) is 15.7. The second-order valence-electron chi connectivity index (χ2n) is 5.23. The lowest BCUT2D eigenvalue weighted by atomic mass is 10.2. The number of methoxy groups -OCH3 is 1. The minimum atomic E-state index is -3.04. The standard InChI is InChI=1S/C14H16N2O4S2/c1-20-7-13(17)15-14-16(10-5-3-2-4-6-10)11-8-22(18,19)9-12(11)21-14/h2-6,11-12H,7-9H2,1H3/t11-,12-/m0/s1. The van der Waals surface area contributed by atoms with Gasteiger partial charge in [0.2, 0.25) is 0 Å². The summed E-state index contributed by atoms with van der Waals surface area (Å²) >= 11 is 1.36. The Morgan fingerprint density at radius 1 is 1.36 bits per heavy atom. The SMILES string of the molecule is COCC(=O)N=C1S[C@H]2CS(=O)(=O)C[C@@H]2N1c1ccccc1. The third-order valence-electron chi connectivity index (χ3n) is 3.59. The van der Waals surface area contributed by atoms with Gasteiger partial charge in [-0.1, -0.05) is 30.0 Å². The number of para-hydroxylation sites is 1. The Hall–Kier alpha value is -1.38. The van der Waals surface area contributed by atoms with E-state index >= 15 is 0 Å². The van der Waals surface area contributed by atoms with Crippen molar-refractivity contribution in [1.29, 1.82) is 0 Å². The molecular formula is C14H16N2O4S2. The summed E-state index contributed by atoms with van der Waals surface area (Å²) in [5.74, 6) is -0.144. The average Bonchev–Trinajstić information content (AvgIpc) is 2.91. The first kappa shape index (κ1) is 15.5. The fourth-order valence-electron chi connectivity index (χ4n) is 2.72. The molecule has 1 amide bonds. The molecule has 1 aromatic carbocycles.